The number of carbonyl (C=O) groups is 1. The number of hydrogen-bond donors (Lipinski definition) is 1. The van der Waals surface area contributed by atoms with Crippen LogP contribution in [0.2, 0.25) is 0 Å². The Labute approximate surface area is 171 Å². The maximum absolute atomic E-state index is 12.6. The van der Waals surface area contributed by atoms with Gasteiger partial charge in [0.25, 0.3) is 0 Å². The van der Waals surface area contributed by atoms with Crippen molar-refractivity contribution in [3.05, 3.63) is 63.8 Å². The number of carbonyl (C=O) groups excluding carboxylic acids is 1. The molecule has 1 aliphatic carbocycles. The Balaban J connectivity index is 1.48. The Morgan fingerprint density at radius 2 is 2.07 bits per heavy atom. The quantitative estimate of drug-likeness (QED) is 0.706. The van der Waals surface area contributed by atoms with Crippen molar-refractivity contribution in [3.8, 4) is 5.69 Å². The highest BCUT2D eigenvalue weighted by Crippen LogP contribution is 2.31. The molecule has 0 radical (unpaired) electrons. The summed E-state index contributed by atoms with van der Waals surface area (Å²) < 4.78 is 7.22. The van der Waals surface area contributed by atoms with Gasteiger partial charge in [0.1, 0.15) is 5.76 Å². The molecule has 0 saturated carbocycles. The molecule has 0 aliphatic heterocycles. The van der Waals surface area contributed by atoms with Gasteiger partial charge in [-0.15, -0.1) is 0 Å². The number of benzene rings is 1. The number of fused-ring (bicyclic) bond motifs is 1. The van der Waals surface area contributed by atoms with E-state index < -0.39 is 0 Å². The Hall–Kier alpha value is -2.89. The molecule has 2 heterocycles. The third-order valence-corrected chi connectivity index (χ3v) is 6.04. The highest BCUT2D eigenvalue weighted by Gasteiger charge is 2.26. The summed E-state index contributed by atoms with van der Waals surface area (Å²) in [6.45, 7) is 8.04. The topological polar surface area (TPSA) is 73.0 Å². The van der Waals surface area contributed by atoms with Crippen molar-refractivity contribution in [3.63, 3.8) is 0 Å². The standard InChI is InChI=1S/C23H28N4O2/c1-14-8-9-18(12-15(14)2)27-22-7-5-6-21(20(22)13-24-27)25-23(28)11-10-19-16(3)26-29-17(19)4/h8-9,12-13,21H,5-7,10-11H2,1-4H3,(H,25,28)/t21-/m0/s1. The first kappa shape index (κ1) is 19.4. The molecule has 1 amide bonds. The second kappa shape index (κ2) is 7.85. The highest BCUT2D eigenvalue weighted by molar-refractivity contribution is 5.76. The fourth-order valence-electron chi connectivity index (χ4n) is 4.15. The Morgan fingerprint density at radius 3 is 2.79 bits per heavy atom. The minimum atomic E-state index is 0.0243. The van der Waals surface area contributed by atoms with Gasteiger partial charge in [-0.1, -0.05) is 11.2 Å². The average molecular weight is 393 g/mol. The number of amides is 1. The molecule has 6 nitrogen and oxygen atoms in total. The molecule has 152 valence electrons. The first-order chi connectivity index (χ1) is 13.9. The molecule has 1 aliphatic rings. The zero-order chi connectivity index (χ0) is 20.5. The molecule has 0 spiro atoms. The summed E-state index contributed by atoms with van der Waals surface area (Å²) in [5.41, 5.74) is 7.86. The van der Waals surface area contributed by atoms with Crippen LogP contribution in [-0.2, 0) is 17.6 Å². The molecule has 29 heavy (non-hydrogen) atoms. The molecule has 1 atom stereocenters. The van der Waals surface area contributed by atoms with E-state index in [1.165, 1.54) is 16.8 Å². The lowest BCUT2D eigenvalue weighted by Crippen LogP contribution is -2.31. The van der Waals surface area contributed by atoms with Crippen LogP contribution in [-0.4, -0.2) is 20.8 Å². The van der Waals surface area contributed by atoms with Crippen molar-refractivity contribution in [1.82, 2.24) is 20.3 Å². The zero-order valence-corrected chi connectivity index (χ0v) is 17.6. The van der Waals surface area contributed by atoms with Crippen LogP contribution in [0.5, 0.6) is 0 Å². The highest BCUT2D eigenvalue weighted by atomic mass is 16.5. The van der Waals surface area contributed by atoms with Crippen LogP contribution in [0.1, 0.15) is 64.7 Å². The molecule has 2 aromatic heterocycles. The molecule has 1 N–H and O–H groups in total. The van der Waals surface area contributed by atoms with E-state index in [-0.39, 0.29) is 11.9 Å². The number of aromatic nitrogens is 3. The van der Waals surface area contributed by atoms with Gasteiger partial charge in [-0.25, -0.2) is 4.68 Å². The Morgan fingerprint density at radius 1 is 1.24 bits per heavy atom. The summed E-state index contributed by atoms with van der Waals surface area (Å²) >= 11 is 0. The van der Waals surface area contributed by atoms with E-state index in [0.29, 0.717) is 12.8 Å². The largest absolute Gasteiger partial charge is 0.361 e. The molecule has 4 rings (SSSR count). The molecule has 1 aromatic carbocycles. The molecule has 6 heteroatoms. The maximum Gasteiger partial charge on any atom is 0.220 e. The van der Waals surface area contributed by atoms with E-state index in [2.05, 4.69) is 47.6 Å². The van der Waals surface area contributed by atoms with Crippen LogP contribution in [0.4, 0.5) is 0 Å². The van der Waals surface area contributed by atoms with Gasteiger partial charge in [-0.05, 0) is 76.6 Å². The van der Waals surface area contributed by atoms with E-state index in [9.17, 15) is 4.79 Å². The summed E-state index contributed by atoms with van der Waals surface area (Å²) in [6.07, 6.45) is 5.96. The summed E-state index contributed by atoms with van der Waals surface area (Å²) in [6, 6.07) is 6.45. The van der Waals surface area contributed by atoms with Crippen molar-refractivity contribution in [2.45, 2.75) is 65.8 Å². The third kappa shape index (κ3) is 3.84. The van der Waals surface area contributed by atoms with Crippen LogP contribution in [0, 0.1) is 27.7 Å². The number of aryl methyl sites for hydroxylation is 4. The Bertz CT molecular complexity index is 1030. The number of rotatable bonds is 5. The fourth-order valence-corrected chi connectivity index (χ4v) is 4.15. The monoisotopic (exact) mass is 392 g/mol. The van der Waals surface area contributed by atoms with E-state index in [1.807, 2.05) is 24.7 Å². The van der Waals surface area contributed by atoms with Gasteiger partial charge in [-0.3, -0.25) is 4.79 Å². The van der Waals surface area contributed by atoms with Gasteiger partial charge in [0, 0.05) is 23.2 Å². The normalized spacial score (nSPS) is 15.9. The van der Waals surface area contributed by atoms with Crippen LogP contribution < -0.4 is 5.32 Å². The van der Waals surface area contributed by atoms with Gasteiger partial charge in [-0.2, -0.15) is 5.10 Å². The van der Waals surface area contributed by atoms with Crippen molar-refractivity contribution in [1.29, 1.82) is 0 Å². The predicted octanol–water partition coefficient (Wildman–Crippen LogP) is 4.22. The van der Waals surface area contributed by atoms with E-state index in [1.54, 1.807) is 0 Å². The minimum absolute atomic E-state index is 0.0243. The van der Waals surface area contributed by atoms with Crippen LogP contribution in [0.25, 0.3) is 5.69 Å². The molecule has 0 fully saturated rings. The summed E-state index contributed by atoms with van der Waals surface area (Å²) in [5, 5.41) is 11.8. The van der Waals surface area contributed by atoms with Crippen LogP contribution >= 0.6 is 0 Å². The van der Waals surface area contributed by atoms with Crippen molar-refractivity contribution >= 4 is 5.91 Å². The predicted molar refractivity (Wildman–Crippen MR) is 111 cm³/mol. The molecule has 0 saturated heterocycles. The van der Waals surface area contributed by atoms with Crippen LogP contribution in [0.15, 0.2) is 28.9 Å². The van der Waals surface area contributed by atoms with Gasteiger partial charge < -0.3 is 9.84 Å². The Kier molecular flexibility index (Phi) is 5.26. The summed E-state index contributed by atoms with van der Waals surface area (Å²) in [4.78, 5) is 12.6. The second-order valence-electron chi connectivity index (χ2n) is 8.04. The first-order valence-corrected chi connectivity index (χ1v) is 10.3. The lowest BCUT2D eigenvalue weighted by molar-refractivity contribution is -0.121. The van der Waals surface area contributed by atoms with Crippen molar-refractivity contribution in [2.75, 3.05) is 0 Å². The van der Waals surface area contributed by atoms with Gasteiger partial charge in [0.15, 0.2) is 0 Å². The smallest absolute Gasteiger partial charge is 0.220 e. The van der Waals surface area contributed by atoms with Crippen molar-refractivity contribution < 1.29 is 9.32 Å². The number of hydrogen-bond acceptors (Lipinski definition) is 4. The summed E-state index contributed by atoms with van der Waals surface area (Å²) in [7, 11) is 0. The lowest BCUT2D eigenvalue weighted by Gasteiger charge is -2.24. The first-order valence-electron chi connectivity index (χ1n) is 10.3. The fraction of sp³-hybridized carbons (Fsp3) is 0.435. The van der Waals surface area contributed by atoms with Crippen molar-refractivity contribution in [2.24, 2.45) is 0 Å². The van der Waals surface area contributed by atoms with E-state index >= 15 is 0 Å². The molecular weight excluding hydrogens is 364 g/mol. The number of nitrogens with one attached hydrogen (secondary N) is 1. The molecule has 3 aromatic rings. The van der Waals surface area contributed by atoms with E-state index in [0.717, 1.165) is 47.5 Å². The van der Waals surface area contributed by atoms with E-state index in [4.69, 9.17) is 4.52 Å². The second-order valence-corrected chi connectivity index (χ2v) is 8.04. The SMILES string of the molecule is Cc1ccc(-n2ncc3c2CCC[C@@H]3NC(=O)CCc2c(C)noc2C)cc1C. The van der Waals surface area contributed by atoms with Gasteiger partial charge in [0.05, 0.1) is 23.6 Å². The average Bonchev–Trinajstić information content (AvgIpc) is 3.27. The molecular formula is C23H28N4O2. The number of nitrogens with zero attached hydrogens (tertiary/aromatic N) is 3. The molecule has 0 bridgehead atoms. The minimum Gasteiger partial charge on any atom is -0.361 e. The van der Waals surface area contributed by atoms with Gasteiger partial charge in [0.2, 0.25) is 5.91 Å². The molecule has 0 unspecified atom stereocenters. The van der Waals surface area contributed by atoms with Gasteiger partial charge >= 0.3 is 0 Å². The van der Waals surface area contributed by atoms with Crippen LogP contribution in [0.3, 0.4) is 0 Å². The maximum atomic E-state index is 12.6. The lowest BCUT2D eigenvalue weighted by atomic mass is 9.92. The zero-order valence-electron chi connectivity index (χ0n) is 17.6. The summed E-state index contributed by atoms with van der Waals surface area (Å²) in [5.74, 6) is 0.853. The third-order valence-electron chi connectivity index (χ3n) is 6.04.